The molecule has 0 radical (unpaired) electrons. The summed E-state index contributed by atoms with van der Waals surface area (Å²) in [4.78, 5) is 15.2. The Labute approximate surface area is 207 Å². The molecule has 1 unspecified atom stereocenters. The van der Waals surface area contributed by atoms with Crippen molar-refractivity contribution in [3.63, 3.8) is 0 Å². The predicted octanol–water partition coefficient (Wildman–Crippen LogP) is 6.71. The average molecular weight is 487 g/mol. The van der Waals surface area contributed by atoms with Gasteiger partial charge in [0, 0.05) is 11.4 Å². The van der Waals surface area contributed by atoms with Crippen LogP contribution in [0.4, 0.5) is 20.2 Å². The number of carbonyl (C=O) groups excluding carboxylic acids is 1. The van der Waals surface area contributed by atoms with Gasteiger partial charge in [-0.05, 0) is 78.7 Å². The van der Waals surface area contributed by atoms with Crippen LogP contribution in [0.25, 0.3) is 0 Å². The number of hydrogen-bond acceptors (Lipinski definition) is 4. The van der Waals surface area contributed by atoms with Crippen LogP contribution in [0, 0.1) is 11.6 Å². The third kappa shape index (κ3) is 4.73. The van der Waals surface area contributed by atoms with Crippen molar-refractivity contribution >= 4 is 17.3 Å². The van der Waals surface area contributed by atoms with Crippen LogP contribution >= 0.6 is 0 Å². The summed E-state index contributed by atoms with van der Waals surface area (Å²) in [7, 11) is 0. The van der Waals surface area contributed by atoms with E-state index in [-0.39, 0.29) is 24.1 Å². The van der Waals surface area contributed by atoms with E-state index in [1.807, 2.05) is 37.3 Å². The molecule has 4 aromatic carbocycles. The van der Waals surface area contributed by atoms with E-state index in [0.29, 0.717) is 35.0 Å². The maximum Gasteiger partial charge on any atom is 0.262 e. The van der Waals surface area contributed by atoms with E-state index in [1.54, 1.807) is 41.3 Å². The van der Waals surface area contributed by atoms with Gasteiger partial charge in [-0.3, -0.25) is 9.69 Å². The molecule has 7 heteroatoms. The number of fused-ring (bicyclic) bond motifs is 1. The van der Waals surface area contributed by atoms with Crippen LogP contribution in [-0.4, -0.2) is 12.5 Å². The third-order valence-corrected chi connectivity index (χ3v) is 5.92. The van der Waals surface area contributed by atoms with Crippen LogP contribution in [0.2, 0.25) is 0 Å². The third-order valence-electron chi connectivity index (χ3n) is 5.92. The highest BCUT2D eigenvalue weighted by Gasteiger charge is 2.34. The number of amides is 1. The van der Waals surface area contributed by atoms with Gasteiger partial charge in [0.1, 0.15) is 24.4 Å². The van der Waals surface area contributed by atoms with Crippen molar-refractivity contribution in [3.8, 4) is 11.5 Å². The molecule has 36 heavy (non-hydrogen) atoms. The van der Waals surface area contributed by atoms with Crippen molar-refractivity contribution in [2.45, 2.75) is 19.7 Å². The zero-order valence-corrected chi connectivity index (χ0v) is 19.6. The molecule has 5 nitrogen and oxygen atoms in total. The lowest BCUT2D eigenvalue weighted by atomic mass is 10.0. The molecule has 1 N–H and O–H groups in total. The number of anilines is 2. The smallest absolute Gasteiger partial charge is 0.262 e. The molecule has 0 aliphatic carbocycles. The van der Waals surface area contributed by atoms with Crippen LogP contribution < -0.4 is 19.7 Å². The second kappa shape index (κ2) is 10.1. The van der Waals surface area contributed by atoms with Gasteiger partial charge < -0.3 is 14.8 Å². The van der Waals surface area contributed by atoms with Gasteiger partial charge in [0.15, 0.2) is 11.5 Å². The van der Waals surface area contributed by atoms with Crippen LogP contribution in [0.15, 0.2) is 91.0 Å². The molecule has 0 saturated heterocycles. The fraction of sp³-hybridized carbons (Fsp3) is 0.138. The lowest BCUT2D eigenvalue weighted by molar-refractivity contribution is 0.0974. The Morgan fingerprint density at radius 2 is 1.53 bits per heavy atom. The Hall–Kier alpha value is -4.39. The molecule has 1 aliphatic heterocycles. The Morgan fingerprint density at radius 1 is 0.833 bits per heavy atom. The van der Waals surface area contributed by atoms with Crippen LogP contribution in [0.3, 0.4) is 0 Å². The van der Waals surface area contributed by atoms with Gasteiger partial charge >= 0.3 is 0 Å². The van der Waals surface area contributed by atoms with E-state index >= 15 is 0 Å². The molecule has 0 saturated carbocycles. The molecule has 5 rings (SSSR count). The number of rotatable bonds is 7. The first-order chi connectivity index (χ1) is 17.5. The maximum atomic E-state index is 13.6. The highest BCUT2D eigenvalue weighted by atomic mass is 19.1. The summed E-state index contributed by atoms with van der Waals surface area (Å²) in [5.41, 5.74) is 3.38. The lowest BCUT2D eigenvalue weighted by Gasteiger charge is -2.38. The van der Waals surface area contributed by atoms with Crippen molar-refractivity contribution in [1.82, 2.24) is 0 Å². The first-order valence-electron chi connectivity index (χ1n) is 11.6. The second-order valence-electron chi connectivity index (χ2n) is 8.30. The van der Waals surface area contributed by atoms with Gasteiger partial charge in [-0.15, -0.1) is 0 Å². The lowest BCUT2D eigenvalue weighted by Crippen LogP contribution is -2.43. The second-order valence-corrected chi connectivity index (χ2v) is 8.30. The summed E-state index contributed by atoms with van der Waals surface area (Å²) in [6, 6.07) is 24.7. The number of hydrogen-bond donors (Lipinski definition) is 1. The molecule has 0 bridgehead atoms. The fourth-order valence-electron chi connectivity index (χ4n) is 4.18. The molecule has 0 fully saturated rings. The van der Waals surface area contributed by atoms with Crippen molar-refractivity contribution in [2.75, 3.05) is 16.8 Å². The molecule has 182 valence electrons. The van der Waals surface area contributed by atoms with E-state index < -0.39 is 6.17 Å². The highest BCUT2D eigenvalue weighted by molar-refractivity contribution is 6.12. The summed E-state index contributed by atoms with van der Waals surface area (Å²) in [6.07, 6.45) is -0.566. The van der Waals surface area contributed by atoms with E-state index in [0.717, 1.165) is 11.1 Å². The molecule has 1 amide bonds. The van der Waals surface area contributed by atoms with Gasteiger partial charge in [0.05, 0.1) is 12.2 Å². The molecular formula is C29H24F2N2O3. The minimum absolute atomic E-state index is 0.199. The molecule has 0 aromatic heterocycles. The van der Waals surface area contributed by atoms with Gasteiger partial charge in [0.2, 0.25) is 0 Å². The van der Waals surface area contributed by atoms with Crippen LogP contribution in [0.1, 0.15) is 34.6 Å². The topological polar surface area (TPSA) is 50.8 Å². The molecular weight excluding hydrogens is 462 g/mol. The summed E-state index contributed by atoms with van der Waals surface area (Å²) in [5.74, 6) is 0.162. The number of carbonyl (C=O) groups is 1. The van der Waals surface area contributed by atoms with Crippen LogP contribution in [-0.2, 0) is 6.61 Å². The molecule has 1 heterocycles. The number of benzene rings is 4. The van der Waals surface area contributed by atoms with Gasteiger partial charge in [-0.25, -0.2) is 8.78 Å². The summed E-state index contributed by atoms with van der Waals surface area (Å²) in [6.45, 7) is 2.53. The number of nitrogens with one attached hydrogen (secondary N) is 1. The van der Waals surface area contributed by atoms with Crippen molar-refractivity contribution in [1.29, 1.82) is 0 Å². The number of halogens is 2. The van der Waals surface area contributed by atoms with E-state index in [1.165, 1.54) is 24.3 Å². The first-order valence-corrected chi connectivity index (χ1v) is 11.6. The number of para-hydroxylation sites is 1. The quantitative estimate of drug-likeness (QED) is 0.315. The van der Waals surface area contributed by atoms with E-state index in [9.17, 15) is 13.6 Å². The van der Waals surface area contributed by atoms with E-state index in [4.69, 9.17) is 9.47 Å². The number of ether oxygens (including phenoxy) is 2. The monoisotopic (exact) mass is 486 g/mol. The fourth-order valence-corrected chi connectivity index (χ4v) is 4.18. The first kappa shape index (κ1) is 23.4. The zero-order valence-electron chi connectivity index (χ0n) is 19.6. The Balaban J connectivity index is 1.50. The highest BCUT2D eigenvalue weighted by Crippen LogP contribution is 2.39. The minimum Gasteiger partial charge on any atom is -0.490 e. The Bertz CT molecular complexity index is 1370. The van der Waals surface area contributed by atoms with Gasteiger partial charge in [0.25, 0.3) is 5.91 Å². The summed E-state index contributed by atoms with van der Waals surface area (Å²) in [5, 5.41) is 3.44. The molecule has 1 aliphatic rings. The standard InChI is InChI=1S/C29H24F2N2O3/c1-2-35-27-17-20(9-16-26(27)36-18-19-7-10-21(30)11-8-19)28-32-25-6-4-3-5-24(25)29(34)33(28)23-14-12-22(31)13-15-23/h3-17,28,32H,2,18H2,1H3. The molecule has 4 aromatic rings. The number of nitrogens with zero attached hydrogens (tertiary/aromatic N) is 1. The van der Waals surface area contributed by atoms with Gasteiger partial charge in [-0.2, -0.15) is 0 Å². The summed E-state index contributed by atoms with van der Waals surface area (Å²) >= 11 is 0. The predicted molar refractivity (Wildman–Crippen MR) is 134 cm³/mol. The minimum atomic E-state index is -0.566. The largest absolute Gasteiger partial charge is 0.490 e. The van der Waals surface area contributed by atoms with Crippen molar-refractivity contribution in [3.05, 3.63) is 119 Å². The molecule has 0 spiro atoms. The zero-order chi connectivity index (χ0) is 25.1. The van der Waals surface area contributed by atoms with Crippen LogP contribution in [0.5, 0.6) is 11.5 Å². The van der Waals surface area contributed by atoms with Crippen molar-refractivity contribution in [2.24, 2.45) is 0 Å². The van der Waals surface area contributed by atoms with Crippen molar-refractivity contribution < 1.29 is 23.0 Å². The Morgan fingerprint density at radius 3 is 2.25 bits per heavy atom. The summed E-state index contributed by atoms with van der Waals surface area (Å²) < 4.78 is 38.7. The normalized spacial score (nSPS) is 14.7. The SMILES string of the molecule is CCOc1cc(C2Nc3ccccc3C(=O)N2c2ccc(F)cc2)ccc1OCc1ccc(F)cc1. The Kier molecular flexibility index (Phi) is 6.54. The molecule has 1 atom stereocenters. The average Bonchev–Trinajstić information content (AvgIpc) is 2.90. The maximum absolute atomic E-state index is 13.6. The van der Waals surface area contributed by atoms with E-state index in [2.05, 4.69) is 5.32 Å². The van der Waals surface area contributed by atoms with Gasteiger partial charge in [-0.1, -0.05) is 30.3 Å².